The summed E-state index contributed by atoms with van der Waals surface area (Å²) < 4.78 is 0.705. The molecule has 1 aliphatic carbocycles. The van der Waals surface area contributed by atoms with Crippen LogP contribution in [0, 0.1) is 5.21 Å². The maximum absolute atomic E-state index is 12.0. The van der Waals surface area contributed by atoms with Gasteiger partial charge in [-0.2, -0.15) is 4.73 Å². The van der Waals surface area contributed by atoms with Gasteiger partial charge >= 0.3 is 6.03 Å². The Morgan fingerprint density at radius 3 is 2.73 bits per heavy atom. The highest BCUT2D eigenvalue weighted by Crippen LogP contribution is 2.19. The number of hydrogen-bond donors (Lipinski definition) is 2. The quantitative estimate of drug-likeness (QED) is 0.504. The molecule has 1 saturated carbocycles. The van der Waals surface area contributed by atoms with E-state index in [1.165, 1.54) is 12.6 Å². The van der Waals surface area contributed by atoms with Crippen LogP contribution in [0.15, 0.2) is 29.4 Å². The van der Waals surface area contributed by atoms with Crippen molar-refractivity contribution < 1.29 is 14.3 Å². The average molecular weight is 323 g/mol. The summed E-state index contributed by atoms with van der Waals surface area (Å²) in [4.78, 5) is 23.8. The Bertz CT molecular complexity index is 533. The number of carbonyl (C=O) groups excluding carboxylic acids is 2. The maximum Gasteiger partial charge on any atom is 0.321 e. The molecule has 2 N–H and O–H groups in total. The fraction of sp³-hybridized carbons (Fsp3) is 0.533. The predicted octanol–water partition coefficient (Wildman–Crippen LogP) is 1.96. The van der Waals surface area contributed by atoms with Crippen LogP contribution in [-0.2, 0) is 4.79 Å². The number of rotatable bonds is 4. The second-order valence-corrected chi connectivity index (χ2v) is 6.78. The zero-order chi connectivity index (χ0) is 15.9. The van der Waals surface area contributed by atoms with Gasteiger partial charge in [0.05, 0.1) is 5.25 Å². The van der Waals surface area contributed by atoms with Crippen molar-refractivity contribution in [3.8, 4) is 0 Å². The van der Waals surface area contributed by atoms with Crippen molar-refractivity contribution >= 4 is 23.7 Å². The molecule has 0 saturated heterocycles. The zero-order valence-electron chi connectivity index (χ0n) is 12.6. The van der Waals surface area contributed by atoms with Crippen molar-refractivity contribution in [2.75, 3.05) is 0 Å². The van der Waals surface area contributed by atoms with Gasteiger partial charge in [0.15, 0.2) is 6.20 Å². The number of pyridine rings is 1. The molecule has 2 rings (SSSR count). The third kappa shape index (κ3) is 4.91. The van der Waals surface area contributed by atoms with E-state index in [9.17, 15) is 14.8 Å². The molecule has 1 fully saturated rings. The van der Waals surface area contributed by atoms with Crippen LogP contribution in [0.1, 0.15) is 39.0 Å². The first-order chi connectivity index (χ1) is 10.6. The number of amides is 3. The Balaban J connectivity index is 1.80. The average Bonchev–Trinajstić information content (AvgIpc) is 2.50. The molecule has 1 aliphatic rings. The summed E-state index contributed by atoms with van der Waals surface area (Å²) in [7, 11) is 0. The number of carbonyl (C=O) groups is 2. The van der Waals surface area contributed by atoms with Gasteiger partial charge in [0.2, 0.25) is 5.91 Å². The van der Waals surface area contributed by atoms with Crippen LogP contribution >= 0.6 is 11.8 Å². The Hall–Kier alpha value is -1.76. The third-order valence-electron chi connectivity index (χ3n) is 3.63. The number of hydrogen-bond acceptors (Lipinski definition) is 4. The van der Waals surface area contributed by atoms with Gasteiger partial charge < -0.3 is 10.5 Å². The van der Waals surface area contributed by atoms with E-state index in [-0.39, 0.29) is 6.04 Å². The topological polar surface area (TPSA) is 85.1 Å². The molecule has 1 atom stereocenters. The number of imide groups is 1. The molecule has 0 aliphatic heterocycles. The monoisotopic (exact) mass is 323 g/mol. The van der Waals surface area contributed by atoms with E-state index >= 15 is 0 Å². The summed E-state index contributed by atoms with van der Waals surface area (Å²) >= 11 is 1.12. The summed E-state index contributed by atoms with van der Waals surface area (Å²) in [6.45, 7) is 1.67. The standard InChI is InChI=1S/C15H21N3O3S/c1-11(22-13-9-5-6-10-18(13)21)14(19)17-15(20)16-12-7-3-2-4-8-12/h5-6,9-12H,2-4,7-8H2,1H3,(H2,16,17,19,20)/t11-/m0/s1. The lowest BCUT2D eigenvalue weighted by Crippen LogP contribution is -2.47. The van der Waals surface area contributed by atoms with Crippen LogP contribution in [0.4, 0.5) is 4.79 Å². The molecule has 1 heterocycles. The minimum Gasteiger partial charge on any atom is -0.618 e. The Morgan fingerprint density at radius 1 is 1.32 bits per heavy atom. The van der Waals surface area contributed by atoms with Crippen LogP contribution < -0.4 is 15.4 Å². The number of nitrogens with one attached hydrogen (secondary N) is 2. The molecular formula is C15H21N3O3S. The van der Waals surface area contributed by atoms with E-state index in [1.807, 2.05) is 0 Å². The van der Waals surface area contributed by atoms with E-state index in [4.69, 9.17) is 0 Å². The molecule has 22 heavy (non-hydrogen) atoms. The first-order valence-electron chi connectivity index (χ1n) is 7.52. The third-order valence-corrected chi connectivity index (χ3v) is 4.76. The second kappa shape index (κ2) is 8.03. The van der Waals surface area contributed by atoms with Crippen molar-refractivity contribution in [2.45, 2.75) is 55.3 Å². The first kappa shape index (κ1) is 16.6. The first-order valence-corrected chi connectivity index (χ1v) is 8.40. The van der Waals surface area contributed by atoms with Gasteiger partial charge in [-0.3, -0.25) is 10.1 Å². The van der Waals surface area contributed by atoms with Crippen molar-refractivity contribution in [3.63, 3.8) is 0 Å². The lowest BCUT2D eigenvalue weighted by molar-refractivity contribution is -0.645. The van der Waals surface area contributed by atoms with E-state index in [0.717, 1.165) is 37.4 Å². The van der Waals surface area contributed by atoms with Crippen LogP contribution in [0.3, 0.4) is 0 Å². The number of aromatic nitrogens is 1. The molecular weight excluding hydrogens is 302 g/mol. The number of nitrogens with zero attached hydrogens (tertiary/aromatic N) is 1. The van der Waals surface area contributed by atoms with Gasteiger partial charge in [-0.15, -0.1) is 0 Å². The summed E-state index contributed by atoms with van der Waals surface area (Å²) in [6.07, 6.45) is 6.74. The van der Waals surface area contributed by atoms with Gasteiger partial charge in [-0.1, -0.05) is 19.3 Å². The fourth-order valence-electron chi connectivity index (χ4n) is 2.42. The Labute approximate surface area is 134 Å². The van der Waals surface area contributed by atoms with Crippen molar-refractivity contribution in [1.82, 2.24) is 10.6 Å². The van der Waals surface area contributed by atoms with Crippen LogP contribution in [0.5, 0.6) is 0 Å². The lowest BCUT2D eigenvalue weighted by Gasteiger charge is -2.22. The maximum atomic E-state index is 12.0. The predicted molar refractivity (Wildman–Crippen MR) is 84.3 cm³/mol. The SMILES string of the molecule is C[C@H](Sc1cccc[n+]1[O-])C(=O)NC(=O)NC1CCCCC1. The van der Waals surface area contributed by atoms with Crippen molar-refractivity contribution in [2.24, 2.45) is 0 Å². The van der Waals surface area contributed by atoms with Crippen molar-refractivity contribution in [1.29, 1.82) is 0 Å². The largest absolute Gasteiger partial charge is 0.618 e. The summed E-state index contributed by atoms with van der Waals surface area (Å²) in [5.74, 6) is -0.401. The second-order valence-electron chi connectivity index (χ2n) is 5.42. The molecule has 120 valence electrons. The summed E-state index contributed by atoms with van der Waals surface area (Å²) in [6, 6.07) is 4.70. The van der Waals surface area contributed by atoms with Gasteiger partial charge in [0.1, 0.15) is 0 Å². The lowest BCUT2D eigenvalue weighted by atomic mass is 9.96. The fourth-order valence-corrected chi connectivity index (χ4v) is 3.27. The van der Waals surface area contributed by atoms with Gasteiger partial charge in [-0.25, -0.2) is 4.79 Å². The van der Waals surface area contributed by atoms with Crippen molar-refractivity contribution in [3.05, 3.63) is 29.6 Å². The minimum absolute atomic E-state index is 0.155. The Morgan fingerprint density at radius 2 is 2.05 bits per heavy atom. The molecule has 1 aromatic heterocycles. The van der Waals surface area contributed by atoms with Crippen LogP contribution in [0.25, 0.3) is 0 Å². The van der Waals surface area contributed by atoms with E-state index in [2.05, 4.69) is 10.6 Å². The molecule has 0 unspecified atom stereocenters. The number of urea groups is 1. The smallest absolute Gasteiger partial charge is 0.321 e. The van der Waals surface area contributed by atoms with Gasteiger partial charge in [0.25, 0.3) is 5.03 Å². The molecule has 7 heteroatoms. The highest BCUT2D eigenvalue weighted by molar-refractivity contribution is 8.00. The molecule has 6 nitrogen and oxygen atoms in total. The van der Waals surface area contributed by atoms with Crippen LogP contribution in [0.2, 0.25) is 0 Å². The van der Waals surface area contributed by atoms with Gasteiger partial charge in [0, 0.05) is 18.2 Å². The molecule has 0 bridgehead atoms. The van der Waals surface area contributed by atoms with Gasteiger partial charge in [-0.05, 0) is 37.6 Å². The molecule has 0 spiro atoms. The van der Waals surface area contributed by atoms with E-state index in [1.54, 1.807) is 25.1 Å². The Kier molecular flexibility index (Phi) is 6.06. The van der Waals surface area contributed by atoms with Crippen LogP contribution in [-0.4, -0.2) is 23.2 Å². The summed E-state index contributed by atoms with van der Waals surface area (Å²) in [5, 5.41) is 16.6. The molecule has 1 aromatic rings. The normalized spacial score (nSPS) is 16.8. The summed E-state index contributed by atoms with van der Waals surface area (Å²) in [5.41, 5.74) is 0. The molecule has 0 radical (unpaired) electrons. The number of thioether (sulfide) groups is 1. The molecule has 3 amide bonds. The highest BCUT2D eigenvalue weighted by atomic mass is 32.2. The zero-order valence-corrected chi connectivity index (χ0v) is 13.4. The van der Waals surface area contributed by atoms with E-state index < -0.39 is 17.2 Å². The molecule has 0 aromatic carbocycles. The highest BCUT2D eigenvalue weighted by Gasteiger charge is 2.22. The van der Waals surface area contributed by atoms with E-state index in [0.29, 0.717) is 9.76 Å². The minimum atomic E-state index is -0.528.